The Hall–Kier alpha value is -2.02. The molecule has 1 fully saturated rings. The first-order valence-corrected chi connectivity index (χ1v) is 9.16. The molecule has 7 heteroatoms. The van der Waals surface area contributed by atoms with E-state index in [2.05, 4.69) is 5.32 Å². The number of rotatable bonds is 3. The standard InChI is InChI=1S/C16H19NO5S/c1-10-11-5-4-6-12(21-3)14(11)22-13(10)15(18)17-16(2)7-8-23(19,20)9-16/h4-6H,7-9H2,1-3H3,(H,17,18)/t16-/m0/s1. The molecular weight excluding hydrogens is 318 g/mol. The number of nitrogens with one attached hydrogen (secondary N) is 1. The van der Waals surface area contributed by atoms with Gasteiger partial charge in [-0.15, -0.1) is 0 Å². The van der Waals surface area contributed by atoms with Crippen LogP contribution in [0.2, 0.25) is 0 Å². The van der Waals surface area contributed by atoms with Crippen LogP contribution < -0.4 is 10.1 Å². The summed E-state index contributed by atoms with van der Waals surface area (Å²) in [4.78, 5) is 12.6. The van der Waals surface area contributed by atoms with Crippen LogP contribution >= 0.6 is 0 Å². The Balaban J connectivity index is 1.94. The van der Waals surface area contributed by atoms with Gasteiger partial charge in [0.05, 0.1) is 24.2 Å². The van der Waals surface area contributed by atoms with Gasteiger partial charge in [-0.3, -0.25) is 4.79 Å². The quantitative estimate of drug-likeness (QED) is 0.926. The van der Waals surface area contributed by atoms with E-state index < -0.39 is 21.3 Å². The van der Waals surface area contributed by atoms with Crippen LogP contribution in [0.4, 0.5) is 0 Å². The van der Waals surface area contributed by atoms with E-state index in [1.807, 2.05) is 12.1 Å². The van der Waals surface area contributed by atoms with E-state index in [0.717, 1.165) is 5.39 Å². The molecule has 0 saturated carbocycles. The van der Waals surface area contributed by atoms with Crippen LogP contribution in [0.3, 0.4) is 0 Å². The number of carbonyl (C=O) groups is 1. The summed E-state index contributed by atoms with van der Waals surface area (Å²) >= 11 is 0. The van der Waals surface area contributed by atoms with Gasteiger partial charge >= 0.3 is 0 Å². The Morgan fingerprint density at radius 1 is 1.39 bits per heavy atom. The first kappa shape index (κ1) is 15.9. The van der Waals surface area contributed by atoms with Gasteiger partial charge in [0.1, 0.15) is 0 Å². The predicted molar refractivity (Wildman–Crippen MR) is 86.6 cm³/mol. The average molecular weight is 337 g/mol. The molecule has 6 nitrogen and oxygen atoms in total. The maximum atomic E-state index is 12.6. The molecule has 0 bridgehead atoms. The monoisotopic (exact) mass is 337 g/mol. The van der Waals surface area contributed by atoms with Gasteiger partial charge in [0.25, 0.3) is 5.91 Å². The van der Waals surface area contributed by atoms with Crippen molar-refractivity contribution in [3.63, 3.8) is 0 Å². The number of hydrogen-bond donors (Lipinski definition) is 1. The van der Waals surface area contributed by atoms with E-state index in [4.69, 9.17) is 9.15 Å². The number of ether oxygens (including phenoxy) is 1. The smallest absolute Gasteiger partial charge is 0.287 e. The highest BCUT2D eigenvalue weighted by atomic mass is 32.2. The second-order valence-corrected chi connectivity index (χ2v) is 8.43. The van der Waals surface area contributed by atoms with Crippen LogP contribution in [0.15, 0.2) is 22.6 Å². The van der Waals surface area contributed by atoms with Gasteiger partial charge in [-0.2, -0.15) is 0 Å². The molecule has 1 aromatic heterocycles. The molecule has 1 aliphatic rings. The molecule has 3 rings (SSSR count). The third-order valence-corrected chi connectivity index (χ3v) is 6.18. The van der Waals surface area contributed by atoms with Crippen molar-refractivity contribution in [3.05, 3.63) is 29.5 Å². The summed E-state index contributed by atoms with van der Waals surface area (Å²) in [7, 11) is -1.55. The Bertz CT molecular complexity index is 883. The van der Waals surface area contributed by atoms with Gasteiger partial charge < -0.3 is 14.5 Å². The fourth-order valence-corrected chi connectivity index (χ4v) is 5.13. The predicted octanol–water partition coefficient (Wildman–Crippen LogP) is 2.06. The molecule has 1 aliphatic heterocycles. The first-order chi connectivity index (χ1) is 10.7. The topological polar surface area (TPSA) is 85.6 Å². The van der Waals surface area contributed by atoms with Gasteiger partial charge in [0.15, 0.2) is 26.9 Å². The molecule has 0 unspecified atom stereocenters. The third kappa shape index (κ3) is 2.81. The molecule has 1 aromatic carbocycles. The number of amides is 1. The molecule has 2 heterocycles. The number of sulfone groups is 1. The van der Waals surface area contributed by atoms with Crippen molar-refractivity contribution in [2.24, 2.45) is 0 Å². The molecular formula is C16H19NO5S. The summed E-state index contributed by atoms with van der Waals surface area (Å²) in [6.07, 6.45) is 0.406. The van der Waals surface area contributed by atoms with Crippen LogP contribution in [-0.4, -0.2) is 38.5 Å². The lowest BCUT2D eigenvalue weighted by atomic mass is 10.0. The molecule has 0 spiro atoms. The highest BCUT2D eigenvalue weighted by Crippen LogP contribution is 2.33. The summed E-state index contributed by atoms with van der Waals surface area (Å²) in [5.41, 5.74) is 0.466. The lowest BCUT2D eigenvalue weighted by Crippen LogP contribution is -2.47. The molecule has 2 aromatic rings. The van der Waals surface area contributed by atoms with E-state index >= 15 is 0 Å². The third-order valence-electron chi connectivity index (χ3n) is 4.27. The number of benzene rings is 1. The maximum absolute atomic E-state index is 12.6. The number of fused-ring (bicyclic) bond motifs is 1. The van der Waals surface area contributed by atoms with Gasteiger partial charge in [0, 0.05) is 10.9 Å². The van der Waals surface area contributed by atoms with Gasteiger partial charge in [-0.1, -0.05) is 12.1 Å². The summed E-state index contributed by atoms with van der Waals surface area (Å²) in [5.74, 6) is 0.389. The summed E-state index contributed by atoms with van der Waals surface area (Å²) < 4.78 is 34.3. The zero-order chi connectivity index (χ0) is 16.8. The Morgan fingerprint density at radius 3 is 2.74 bits per heavy atom. The normalized spacial score (nSPS) is 23.1. The first-order valence-electron chi connectivity index (χ1n) is 7.34. The highest BCUT2D eigenvalue weighted by Gasteiger charge is 2.40. The fraction of sp³-hybridized carbons (Fsp3) is 0.438. The number of hydrogen-bond acceptors (Lipinski definition) is 5. The molecule has 1 amide bonds. The van der Waals surface area contributed by atoms with E-state index in [1.54, 1.807) is 19.9 Å². The minimum Gasteiger partial charge on any atom is -0.493 e. The zero-order valence-corrected chi connectivity index (χ0v) is 14.1. The van der Waals surface area contributed by atoms with Crippen LogP contribution in [0.5, 0.6) is 5.75 Å². The number of aryl methyl sites for hydroxylation is 1. The Labute approximate surface area is 134 Å². The summed E-state index contributed by atoms with van der Waals surface area (Å²) in [6.45, 7) is 3.54. The number of para-hydroxylation sites is 1. The van der Waals surface area contributed by atoms with Crippen molar-refractivity contribution in [1.82, 2.24) is 5.32 Å². The van der Waals surface area contributed by atoms with E-state index in [-0.39, 0.29) is 17.3 Å². The number of furan rings is 1. The molecule has 124 valence electrons. The minimum absolute atomic E-state index is 0.0473. The van der Waals surface area contributed by atoms with Crippen molar-refractivity contribution in [2.45, 2.75) is 25.8 Å². The van der Waals surface area contributed by atoms with E-state index in [9.17, 15) is 13.2 Å². The van der Waals surface area contributed by atoms with Crippen LogP contribution in [0.25, 0.3) is 11.0 Å². The van der Waals surface area contributed by atoms with Gasteiger partial charge in [0.2, 0.25) is 0 Å². The molecule has 0 aliphatic carbocycles. The minimum atomic E-state index is -3.09. The van der Waals surface area contributed by atoms with Crippen LogP contribution in [0, 0.1) is 6.92 Å². The molecule has 0 radical (unpaired) electrons. The van der Waals surface area contributed by atoms with Gasteiger partial charge in [-0.25, -0.2) is 8.42 Å². The van der Waals surface area contributed by atoms with Crippen molar-refractivity contribution in [3.8, 4) is 5.75 Å². The fourth-order valence-electron chi connectivity index (χ4n) is 3.03. The molecule has 1 saturated heterocycles. The molecule has 1 atom stereocenters. The van der Waals surface area contributed by atoms with E-state index in [0.29, 0.717) is 23.3 Å². The van der Waals surface area contributed by atoms with Gasteiger partial charge in [-0.05, 0) is 26.3 Å². The molecule has 1 N–H and O–H groups in total. The van der Waals surface area contributed by atoms with Crippen molar-refractivity contribution in [2.75, 3.05) is 18.6 Å². The van der Waals surface area contributed by atoms with Crippen molar-refractivity contribution < 1.29 is 22.4 Å². The lowest BCUT2D eigenvalue weighted by Gasteiger charge is -2.23. The van der Waals surface area contributed by atoms with Crippen LogP contribution in [-0.2, 0) is 9.84 Å². The Kier molecular flexibility index (Phi) is 3.63. The number of methoxy groups -OCH3 is 1. The van der Waals surface area contributed by atoms with E-state index in [1.165, 1.54) is 7.11 Å². The average Bonchev–Trinajstić information content (AvgIpc) is 2.96. The largest absolute Gasteiger partial charge is 0.493 e. The van der Waals surface area contributed by atoms with Crippen molar-refractivity contribution in [1.29, 1.82) is 0 Å². The number of carbonyl (C=O) groups excluding carboxylic acids is 1. The maximum Gasteiger partial charge on any atom is 0.287 e. The summed E-state index contributed by atoms with van der Waals surface area (Å²) in [5, 5.41) is 3.62. The Morgan fingerprint density at radius 2 is 2.13 bits per heavy atom. The lowest BCUT2D eigenvalue weighted by molar-refractivity contribution is 0.0888. The summed E-state index contributed by atoms with van der Waals surface area (Å²) in [6, 6.07) is 5.45. The SMILES string of the molecule is COc1cccc2c(C)c(C(=O)N[C@@]3(C)CCS(=O)(=O)C3)oc12. The second-order valence-electron chi connectivity index (χ2n) is 6.25. The van der Waals surface area contributed by atoms with Crippen molar-refractivity contribution >= 4 is 26.7 Å². The highest BCUT2D eigenvalue weighted by molar-refractivity contribution is 7.91. The molecule has 23 heavy (non-hydrogen) atoms. The van der Waals surface area contributed by atoms with Crippen LogP contribution in [0.1, 0.15) is 29.5 Å². The second kappa shape index (κ2) is 5.26. The zero-order valence-electron chi connectivity index (χ0n) is 13.3.